The average Bonchev–Trinajstić information content (AvgIpc) is 2.95. The molecule has 0 radical (unpaired) electrons. The molecular formula is C13H18N6O. The van der Waals surface area contributed by atoms with E-state index in [4.69, 9.17) is 0 Å². The van der Waals surface area contributed by atoms with Crippen LogP contribution in [-0.2, 0) is 4.79 Å². The summed E-state index contributed by atoms with van der Waals surface area (Å²) >= 11 is 0. The van der Waals surface area contributed by atoms with Crippen molar-refractivity contribution in [3.8, 4) is 0 Å². The van der Waals surface area contributed by atoms with Crippen LogP contribution in [0.2, 0.25) is 0 Å². The number of rotatable bonds is 2. The summed E-state index contributed by atoms with van der Waals surface area (Å²) in [7, 11) is 0. The van der Waals surface area contributed by atoms with Gasteiger partial charge in [0.15, 0.2) is 11.5 Å². The normalized spacial score (nSPS) is 19.9. The summed E-state index contributed by atoms with van der Waals surface area (Å²) in [5.41, 5.74) is 1.25. The van der Waals surface area contributed by atoms with Crippen LogP contribution in [0.3, 0.4) is 0 Å². The van der Waals surface area contributed by atoms with Crippen LogP contribution < -0.4 is 5.32 Å². The van der Waals surface area contributed by atoms with Gasteiger partial charge in [-0.05, 0) is 20.8 Å². The van der Waals surface area contributed by atoms with Gasteiger partial charge in [0.2, 0.25) is 5.91 Å². The minimum absolute atomic E-state index is 0.0584. The molecule has 7 heteroatoms. The number of nitrogens with zero attached hydrogens (tertiary/aromatic N) is 4. The molecule has 7 nitrogen and oxygen atoms in total. The van der Waals surface area contributed by atoms with Crippen LogP contribution >= 0.6 is 0 Å². The number of imidazole rings is 1. The lowest BCUT2D eigenvalue weighted by Gasteiger charge is -2.32. The lowest BCUT2D eigenvalue weighted by Crippen LogP contribution is -2.43. The van der Waals surface area contributed by atoms with E-state index in [0.29, 0.717) is 24.4 Å². The fourth-order valence-electron chi connectivity index (χ4n) is 2.52. The van der Waals surface area contributed by atoms with Crippen molar-refractivity contribution in [2.24, 2.45) is 0 Å². The van der Waals surface area contributed by atoms with Gasteiger partial charge in [0.1, 0.15) is 11.8 Å². The summed E-state index contributed by atoms with van der Waals surface area (Å²) in [6.07, 6.45) is 3.55. The topological polar surface area (TPSA) is 86.8 Å². The Morgan fingerprint density at radius 3 is 2.85 bits per heavy atom. The molecule has 1 unspecified atom stereocenters. The molecule has 20 heavy (non-hydrogen) atoms. The zero-order valence-electron chi connectivity index (χ0n) is 11.8. The van der Waals surface area contributed by atoms with Gasteiger partial charge in [0.25, 0.3) is 0 Å². The number of nitrogens with one attached hydrogen (secondary N) is 2. The maximum absolute atomic E-state index is 12.1. The molecule has 2 N–H and O–H groups in total. The van der Waals surface area contributed by atoms with Crippen molar-refractivity contribution in [3.63, 3.8) is 0 Å². The molecule has 3 heterocycles. The molecule has 2 aromatic heterocycles. The summed E-state index contributed by atoms with van der Waals surface area (Å²) in [6, 6.07) is 0.0584. The van der Waals surface area contributed by atoms with Gasteiger partial charge >= 0.3 is 0 Å². The molecule has 0 saturated carbocycles. The molecule has 1 aliphatic heterocycles. The first-order valence-corrected chi connectivity index (χ1v) is 6.66. The molecule has 1 fully saturated rings. The van der Waals surface area contributed by atoms with Gasteiger partial charge in [-0.15, -0.1) is 0 Å². The van der Waals surface area contributed by atoms with Gasteiger partial charge in [-0.2, -0.15) is 0 Å². The largest absolute Gasteiger partial charge is 0.363 e. The Labute approximate surface area is 116 Å². The molecule has 0 spiro atoms. The van der Waals surface area contributed by atoms with Crippen molar-refractivity contribution in [1.82, 2.24) is 24.8 Å². The summed E-state index contributed by atoms with van der Waals surface area (Å²) in [6.45, 7) is 6.82. The Bertz CT molecular complexity index is 644. The first kappa shape index (κ1) is 12.8. The van der Waals surface area contributed by atoms with Gasteiger partial charge in [0, 0.05) is 18.5 Å². The smallest absolute Gasteiger partial charge is 0.225 e. The van der Waals surface area contributed by atoms with Crippen LogP contribution in [0.5, 0.6) is 0 Å². The van der Waals surface area contributed by atoms with Crippen molar-refractivity contribution in [3.05, 3.63) is 12.7 Å². The van der Waals surface area contributed by atoms with E-state index in [1.807, 2.05) is 25.7 Å². The molecule has 1 saturated heterocycles. The van der Waals surface area contributed by atoms with Crippen LogP contribution in [-0.4, -0.2) is 48.9 Å². The third kappa shape index (κ3) is 2.19. The Morgan fingerprint density at radius 2 is 2.15 bits per heavy atom. The molecular weight excluding hydrogens is 256 g/mol. The monoisotopic (exact) mass is 274 g/mol. The molecule has 1 amide bonds. The third-order valence-corrected chi connectivity index (χ3v) is 3.50. The Balaban J connectivity index is 1.80. The van der Waals surface area contributed by atoms with Crippen LogP contribution in [0.1, 0.15) is 27.2 Å². The first-order valence-electron chi connectivity index (χ1n) is 6.66. The third-order valence-electron chi connectivity index (χ3n) is 3.50. The molecule has 0 aromatic carbocycles. The highest BCUT2D eigenvalue weighted by Crippen LogP contribution is 2.25. The fourth-order valence-corrected chi connectivity index (χ4v) is 2.52. The van der Waals surface area contributed by atoms with E-state index in [0.717, 1.165) is 5.52 Å². The minimum atomic E-state index is -0.150. The zero-order chi connectivity index (χ0) is 14.3. The van der Waals surface area contributed by atoms with Crippen molar-refractivity contribution >= 4 is 22.9 Å². The van der Waals surface area contributed by atoms with E-state index >= 15 is 0 Å². The number of amides is 1. The van der Waals surface area contributed by atoms with E-state index in [1.54, 1.807) is 6.33 Å². The van der Waals surface area contributed by atoms with Gasteiger partial charge in [-0.3, -0.25) is 4.79 Å². The van der Waals surface area contributed by atoms with E-state index < -0.39 is 0 Å². The molecule has 0 bridgehead atoms. The van der Waals surface area contributed by atoms with Crippen LogP contribution in [0.15, 0.2) is 12.7 Å². The second-order valence-corrected chi connectivity index (χ2v) is 6.04. The van der Waals surface area contributed by atoms with E-state index in [2.05, 4.69) is 25.3 Å². The predicted octanol–water partition coefficient (Wildman–Crippen LogP) is 1.16. The highest BCUT2D eigenvalue weighted by Gasteiger charge is 2.36. The average molecular weight is 274 g/mol. The van der Waals surface area contributed by atoms with E-state index in [9.17, 15) is 4.79 Å². The molecule has 1 aliphatic rings. The molecule has 0 aliphatic carbocycles. The van der Waals surface area contributed by atoms with Gasteiger partial charge < -0.3 is 15.2 Å². The number of aromatic amines is 1. The SMILES string of the molecule is CC(C)(C)N1CC(Nc2ncnc3nc[nH]c23)CC1=O. The molecule has 2 aromatic rings. The van der Waals surface area contributed by atoms with Crippen molar-refractivity contribution in [2.45, 2.75) is 38.8 Å². The second-order valence-electron chi connectivity index (χ2n) is 6.04. The number of aromatic nitrogens is 4. The van der Waals surface area contributed by atoms with E-state index in [-0.39, 0.29) is 17.5 Å². The number of likely N-dealkylation sites (tertiary alicyclic amines) is 1. The molecule has 106 valence electrons. The maximum Gasteiger partial charge on any atom is 0.225 e. The van der Waals surface area contributed by atoms with Crippen molar-refractivity contribution in [2.75, 3.05) is 11.9 Å². The Hall–Kier alpha value is -2.18. The summed E-state index contributed by atoms with van der Waals surface area (Å²) < 4.78 is 0. The highest BCUT2D eigenvalue weighted by atomic mass is 16.2. The standard InChI is InChI=1S/C13H18N6O/c1-13(2,3)19-5-8(4-9(19)20)18-12-10-11(15-6-14-10)16-7-17-12/h6-8H,4-5H2,1-3H3,(H2,14,15,16,17,18). The molecule has 3 rings (SSSR count). The summed E-state index contributed by atoms with van der Waals surface area (Å²) in [5.74, 6) is 0.867. The van der Waals surface area contributed by atoms with Crippen LogP contribution in [0, 0.1) is 0 Å². The Kier molecular flexibility index (Phi) is 2.84. The highest BCUT2D eigenvalue weighted by molar-refractivity contribution is 5.84. The second kappa shape index (κ2) is 4.43. The zero-order valence-corrected chi connectivity index (χ0v) is 11.8. The number of carbonyl (C=O) groups excluding carboxylic acids is 1. The number of hydrogen-bond acceptors (Lipinski definition) is 5. The summed E-state index contributed by atoms with van der Waals surface area (Å²) in [5, 5.41) is 3.32. The maximum atomic E-state index is 12.1. The fraction of sp³-hybridized carbons (Fsp3) is 0.538. The number of carbonyl (C=O) groups is 1. The van der Waals surface area contributed by atoms with Gasteiger partial charge in [0.05, 0.1) is 12.4 Å². The Morgan fingerprint density at radius 1 is 1.35 bits per heavy atom. The minimum Gasteiger partial charge on any atom is -0.363 e. The lowest BCUT2D eigenvalue weighted by atomic mass is 10.1. The van der Waals surface area contributed by atoms with Crippen LogP contribution in [0.4, 0.5) is 5.82 Å². The predicted molar refractivity (Wildman–Crippen MR) is 75.2 cm³/mol. The number of anilines is 1. The van der Waals surface area contributed by atoms with Crippen molar-refractivity contribution < 1.29 is 4.79 Å². The first-order chi connectivity index (χ1) is 9.45. The number of H-pyrrole nitrogens is 1. The quantitative estimate of drug-likeness (QED) is 0.858. The van der Waals surface area contributed by atoms with Gasteiger partial charge in [-0.1, -0.05) is 0 Å². The van der Waals surface area contributed by atoms with Gasteiger partial charge in [-0.25, -0.2) is 15.0 Å². The number of hydrogen-bond donors (Lipinski definition) is 2. The lowest BCUT2D eigenvalue weighted by molar-refractivity contribution is -0.131. The summed E-state index contributed by atoms with van der Waals surface area (Å²) in [4.78, 5) is 29.4. The molecule has 1 atom stereocenters. The van der Waals surface area contributed by atoms with E-state index in [1.165, 1.54) is 6.33 Å². The van der Waals surface area contributed by atoms with Crippen molar-refractivity contribution in [1.29, 1.82) is 0 Å². The van der Waals surface area contributed by atoms with Crippen LogP contribution in [0.25, 0.3) is 11.2 Å². The number of fused-ring (bicyclic) bond motifs is 1.